The quantitative estimate of drug-likeness (QED) is 0.723. The fourth-order valence-electron chi connectivity index (χ4n) is 3.42. The van der Waals surface area contributed by atoms with Crippen molar-refractivity contribution in [3.8, 4) is 0 Å². The Kier molecular flexibility index (Phi) is 3.87. The van der Waals surface area contributed by atoms with E-state index >= 15 is 0 Å². The normalized spacial score (nSPS) is 25.0. The number of benzene rings is 1. The van der Waals surface area contributed by atoms with Crippen LogP contribution >= 0.6 is 0 Å². The molecule has 22 heavy (non-hydrogen) atoms. The maximum absolute atomic E-state index is 12.8. The van der Waals surface area contributed by atoms with Crippen molar-refractivity contribution in [1.29, 1.82) is 0 Å². The third kappa shape index (κ3) is 2.59. The molecule has 6 heteroatoms. The molecule has 2 amide bonds. The highest BCUT2D eigenvalue weighted by Crippen LogP contribution is 2.54. The van der Waals surface area contributed by atoms with E-state index in [0.717, 1.165) is 31.2 Å². The fourth-order valence-corrected chi connectivity index (χ4v) is 3.42. The third-order valence-corrected chi connectivity index (χ3v) is 5.08. The number of halogens is 1. The highest BCUT2D eigenvalue weighted by Gasteiger charge is 2.57. The van der Waals surface area contributed by atoms with Gasteiger partial charge in [-0.1, -0.05) is 18.6 Å². The summed E-state index contributed by atoms with van der Waals surface area (Å²) in [6.45, 7) is 0.196. The van der Waals surface area contributed by atoms with E-state index in [1.807, 2.05) is 0 Å². The van der Waals surface area contributed by atoms with Gasteiger partial charge >= 0.3 is 11.8 Å². The molecule has 1 aromatic carbocycles. The monoisotopic (exact) mass is 305 g/mol. The Labute approximate surface area is 128 Å². The molecule has 1 aromatic rings. The van der Waals surface area contributed by atoms with Crippen LogP contribution in [0.3, 0.4) is 0 Å². The summed E-state index contributed by atoms with van der Waals surface area (Å²) in [6.07, 6.45) is 3.92. The van der Waals surface area contributed by atoms with E-state index in [0.29, 0.717) is 0 Å². The van der Waals surface area contributed by atoms with Gasteiger partial charge < -0.3 is 16.4 Å². The first kappa shape index (κ1) is 15.0. The second-order valence-electron chi connectivity index (χ2n) is 6.26. The number of carbonyl (C=O) groups excluding carboxylic acids is 2. The molecular formula is C16H20FN3O2. The van der Waals surface area contributed by atoms with Gasteiger partial charge in [-0.2, -0.15) is 0 Å². The Morgan fingerprint density at radius 1 is 1.23 bits per heavy atom. The maximum Gasteiger partial charge on any atom is 0.309 e. The van der Waals surface area contributed by atoms with Crippen molar-refractivity contribution in [2.24, 2.45) is 11.1 Å². The van der Waals surface area contributed by atoms with Gasteiger partial charge in [0.1, 0.15) is 5.82 Å². The van der Waals surface area contributed by atoms with Gasteiger partial charge in [0.2, 0.25) is 0 Å². The predicted molar refractivity (Wildman–Crippen MR) is 79.1 cm³/mol. The van der Waals surface area contributed by atoms with Crippen molar-refractivity contribution in [3.05, 3.63) is 35.6 Å². The van der Waals surface area contributed by atoms with Gasteiger partial charge in [0, 0.05) is 24.0 Å². The maximum atomic E-state index is 12.8. The van der Waals surface area contributed by atoms with Crippen molar-refractivity contribution in [2.45, 2.75) is 44.3 Å². The second kappa shape index (κ2) is 5.68. The van der Waals surface area contributed by atoms with E-state index in [1.165, 1.54) is 12.1 Å². The highest BCUT2D eigenvalue weighted by molar-refractivity contribution is 6.35. The minimum atomic E-state index is -0.667. The first-order valence-electron chi connectivity index (χ1n) is 7.60. The lowest BCUT2D eigenvalue weighted by Crippen LogP contribution is -2.70. The molecule has 0 bridgehead atoms. The molecule has 118 valence electrons. The molecule has 2 aliphatic rings. The van der Waals surface area contributed by atoms with Crippen LogP contribution in [0.1, 0.15) is 31.2 Å². The topological polar surface area (TPSA) is 84.2 Å². The van der Waals surface area contributed by atoms with Crippen molar-refractivity contribution < 1.29 is 14.0 Å². The average Bonchev–Trinajstić information content (AvgIpc) is 2.43. The van der Waals surface area contributed by atoms with Gasteiger partial charge in [0.25, 0.3) is 0 Å². The van der Waals surface area contributed by atoms with E-state index in [1.54, 1.807) is 12.1 Å². The summed E-state index contributed by atoms with van der Waals surface area (Å²) in [5.41, 5.74) is 6.79. The highest BCUT2D eigenvalue weighted by atomic mass is 19.1. The zero-order valence-corrected chi connectivity index (χ0v) is 12.3. The molecule has 4 N–H and O–H groups in total. The molecule has 5 nitrogen and oxygen atoms in total. The number of nitrogens with two attached hydrogens (primary N) is 1. The van der Waals surface area contributed by atoms with Crippen LogP contribution in [-0.4, -0.2) is 23.9 Å². The summed E-state index contributed by atoms with van der Waals surface area (Å²) in [5, 5.41) is 5.34. The minimum Gasteiger partial charge on any atom is -0.344 e. The van der Waals surface area contributed by atoms with Crippen LogP contribution in [0.25, 0.3) is 0 Å². The van der Waals surface area contributed by atoms with Crippen molar-refractivity contribution in [1.82, 2.24) is 10.6 Å². The molecule has 2 saturated carbocycles. The minimum absolute atomic E-state index is 0.0142. The van der Waals surface area contributed by atoms with Crippen LogP contribution in [0.5, 0.6) is 0 Å². The number of hydrogen-bond donors (Lipinski definition) is 3. The van der Waals surface area contributed by atoms with Gasteiger partial charge in [-0.15, -0.1) is 0 Å². The second-order valence-corrected chi connectivity index (χ2v) is 6.26. The third-order valence-electron chi connectivity index (χ3n) is 5.08. The van der Waals surface area contributed by atoms with Crippen molar-refractivity contribution >= 4 is 11.8 Å². The molecule has 2 unspecified atom stereocenters. The Morgan fingerprint density at radius 2 is 1.91 bits per heavy atom. The smallest absolute Gasteiger partial charge is 0.309 e. The first-order chi connectivity index (χ1) is 10.5. The summed E-state index contributed by atoms with van der Waals surface area (Å²) in [5.74, 6) is -1.62. The molecule has 2 aliphatic carbocycles. The van der Waals surface area contributed by atoms with Crippen LogP contribution in [0.2, 0.25) is 0 Å². The molecule has 3 rings (SSSR count). The van der Waals surface area contributed by atoms with Gasteiger partial charge in [-0.3, -0.25) is 9.59 Å². The number of nitrogens with one attached hydrogen (secondary N) is 2. The van der Waals surface area contributed by atoms with Gasteiger partial charge in [0.15, 0.2) is 0 Å². The zero-order valence-electron chi connectivity index (χ0n) is 12.3. The summed E-state index contributed by atoms with van der Waals surface area (Å²) in [7, 11) is 0. The van der Waals surface area contributed by atoms with Gasteiger partial charge in [-0.25, -0.2) is 4.39 Å². The van der Waals surface area contributed by atoms with E-state index in [-0.39, 0.29) is 29.9 Å². The standard InChI is InChI=1S/C16H20FN3O2/c17-11-4-2-10(3-5-11)9-19-14(21)15(22)20-13-8-12(18)16(13)6-1-7-16/h2-5,12-13H,1,6-9,18H2,(H,19,21)(H,20,22). The van der Waals surface area contributed by atoms with Gasteiger partial charge in [-0.05, 0) is 37.0 Å². The number of rotatable bonds is 3. The van der Waals surface area contributed by atoms with Crippen molar-refractivity contribution in [2.75, 3.05) is 0 Å². The predicted octanol–water partition coefficient (Wildman–Crippen LogP) is 0.828. The Balaban J connectivity index is 1.48. The van der Waals surface area contributed by atoms with Crippen LogP contribution < -0.4 is 16.4 Å². The number of hydrogen-bond acceptors (Lipinski definition) is 3. The van der Waals surface area contributed by atoms with Crippen LogP contribution in [0, 0.1) is 11.2 Å². The lowest BCUT2D eigenvalue weighted by molar-refractivity contribution is -0.143. The van der Waals surface area contributed by atoms with Crippen LogP contribution in [0.15, 0.2) is 24.3 Å². The van der Waals surface area contributed by atoms with E-state index in [4.69, 9.17) is 5.73 Å². The van der Waals surface area contributed by atoms with E-state index in [2.05, 4.69) is 10.6 Å². The number of carbonyl (C=O) groups is 2. The van der Waals surface area contributed by atoms with E-state index < -0.39 is 11.8 Å². The van der Waals surface area contributed by atoms with E-state index in [9.17, 15) is 14.0 Å². The zero-order chi connectivity index (χ0) is 15.7. The van der Waals surface area contributed by atoms with Crippen LogP contribution in [-0.2, 0) is 16.1 Å². The molecule has 0 heterocycles. The molecule has 0 aromatic heterocycles. The Hall–Kier alpha value is -1.95. The summed E-state index contributed by atoms with van der Waals surface area (Å²) < 4.78 is 12.8. The lowest BCUT2D eigenvalue weighted by atomic mass is 9.50. The Morgan fingerprint density at radius 3 is 2.45 bits per heavy atom. The molecule has 2 fully saturated rings. The lowest BCUT2D eigenvalue weighted by Gasteiger charge is -2.60. The molecule has 0 saturated heterocycles. The largest absolute Gasteiger partial charge is 0.344 e. The molecule has 1 spiro atoms. The summed E-state index contributed by atoms with van der Waals surface area (Å²) >= 11 is 0. The fraction of sp³-hybridized carbons (Fsp3) is 0.500. The first-order valence-corrected chi connectivity index (χ1v) is 7.60. The SMILES string of the molecule is NC1CC(NC(=O)C(=O)NCc2ccc(F)cc2)C12CCC2. The molecular weight excluding hydrogens is 285 g/mol. The molecule has 2 atom stereocenters. The van der Waals surface area contributed by atoms with Crippen LogP contribution in [0.4, 0.5) is 4.39 Å². The van der Waals surface area contributed by atoms with Gasteiger partial charge in [0.05, 0.1) is 0 Å². The molecule has 0 radical (unpaired) electrons. The summed E-state index contributed by atoms with van der Waals surface area (Å²) in [4.78, 5) is 23.8. The Bertz CT molecular complexity index is 584. The summed E-state index contributed by atoms with van der Waals surface area (Å²) in [6, 6.07) is 5.92. The number of amides is 2. The molecule has 0 aliphatic heterocycles. The van der Waals surface area contributed by atoms with Crippen molar-refractivity contribution in [3.63, 3.8) is 0 Å². The average molecular weight is 305 g/mol.